The SMILES string of the molecule is CC(CC(N)=O)C1(C(C)CC(N)=O)CC[C@H]2[C@@H]3CCC4C=C(C(=O)O)C=C[C@]4(C)[C@@H]3CC[C@@]21C. The molecule has 3 fully saturated rings. The maximum atomic E-state index is 12.0. The lowest BCUT2D eigenvalue weighted by atomic mass is 9.42. The Bertz CT molecular complexity index is 917. The minimum absolute atomic E-state index is 0.0154. The van der Waals surface area contributed by atoms with Crippen LogP contribution >= 0.6 is 0 Å². The second-order valence-corrected chi connectivity index (χ2v) is 12.4. The molecule has 4 aliphatic carbocycles. The molecule has 0 radical (unpaired) electrons. The van der Waals surface area contributed by atoms with Gasteiger partial charge in [-0.3, -0.25) is 9.59 Å². The molecule has 0 saturated heterocycles. The molecule has 2 amide bonds. The van der Waals surface area contributed by atoms with Gasteiger partial charge in [-0.15, -0.1) is 0 Å². The van der Waals surface area contributed by atoms with E-state index in [1.807, 2.05) is 12.2 Å². The van der Waals surface area contributed by atoms with Crippen molar-refractivity contribution in [2.45, 2.75) is 79.1 Å². The number of nitrogens with two attached hydrogens (primary N) is 2. The van der Waals surface area contributed by atoms with Crippen LogP contribution in [0.4, 0.5) is 0 Å². The van der Waals surface area contributed by atoms with Gasteiger partial charge in [0.15, 0.2) is 0 Å². The van der Waals surface area contributed by atoms with Gasteiger partial charge in [-0.05, 0) is 90.3 Å². The summed E-state index contributed by atoms with van der Waals surface area (Å²) >= 11 is 0. The smallest absolute Gasteiger partial charge is 0.335 e. The lowest BCUT2D eigenvalue weighted by molar-refractivity contribution is -0.139. The van der Waals surface area contributed by atoms with Crippen LogP contribution in [-0.4, -0.2) is 22.9 Å². The molecule has 0 aromatic carbocycles. The predicted octanol–water partition coefficient (Wildman–Crippen LogP) is 4.44. The number of carbonyl (C=O) groups excluding carboxylic acids is 2. The Morgan fingerprint density at radius 3 is 2.12 bits per heavy atom. The van der Waals surface area contributed by atoms with Gasteiger partial charge >= 0.3 is 5.97 Å². The molecule has 0 aromatic rings. The van der Waals surface area contributed by atoms with Gasteiger partial charge in [0.05, 0.1) is 5.57 Å². The van der Waals surface area contributed by atoms with Gasteiger partial charge in [-0.2, -0.15) is 0 Å². The van der Waals surface area contributed by atoms with E-state index in [0.29, 0.717) is 36.2 Å². The van der Waals surface area contributed by atoms with Crippen LogP contribution in [0.3, 0.4) is 0 Å². The molecule has 0 bridgehead atoms. The molecule has 0 aliphatic heterocycles. The Morgan fingerprint density at radius 2 is 1.56 bits per heavy atom. The fraction of sp³-hybridized carbons (Fsp3) is 0.750. The molecule has 6 nitrogen and oxygen atoms in total. The molecule has 188 valence electrons. The number of allylic oxidation sites excluding steroid dienone is 2. The van der Waals surface area contributed by atoms with Crippen LogP contribution < -0.4 is 11.5 Å². The average molecular weight is 471 g/mol. The summed E-state index contributed by atoms with van der Waals surface area (Å²) in [6, 6.07) is 0. The molecule has 8 atom stereocenters. The molecule has 3 unspecified atom stereocenters. The van der Waals surface area contributed by atoms with Crippen molar-refractivity contribution in [3.63, 3.8) is 0 Å². The second-order valence-electron chi connectivity index (χ2n) is 12.4. The van der Waals surface area contributed by atoms with Crippen molar-refractivity contribution in [1.29, 1.82) is 0 Å². The van der Waals surface area contributed by atoms with E-state index in [2.05, 4.69) is 33.8 Å². The summed E-state index contributed by atoms with van der Waals surface area (Å²) in [7, 11) is 0. The van der Waals surface area contributed by atoms with E-state index in [1.165, 1.54) is 0 Å². The molecule has 6 heteroatoms. The standard InChI is InChI=1S/C28H42N2O4/c1-16(13-23(29)31)28(17(2)14-24(30)32)12-9-22-20-6-5-19-15-18(25(33)34)7-10-26(19,3)21(20)8-11-27(22,28)4/h7,10,15-17,19-22H,5-6,8-9,11-14H2,1-4H3,(H2,29,31)(H2,30,32)(H,33,34)/t16?,17?,19?,20-,21-,22+,26+,27+,28?/m1/s1. The number of hydrogen-bond acceptors (Lipinski definition) is 3. The summed E-state index contributed by atoms with van der Waals surface area (Å²) < 4.78 is 0. The fourth-order valence-electron chi connectivity index (χ4n) is 9.80. The zero-order valence-corrected chi connectivity index (χ0v) is 21.2. The van der Waals surface area contributed by atoms with Gasteiger partial charge in [0.25, 0.3) is 0 Å². The molecular formula is C28H42N2O4. The number of fused-ring (bicyclic) bond motifs is 5. The third kappa shape index (κ3) is 3.54. The summed E-state index contributed by atoms with van der Waals surface area (Å²) in [5, 5.41) is 9.50. The summed E-state index contributed by atoms with van der Waals surface area (Å²) in [5.74, 6) is 0.649. The number of amides is 2. The molecule has 4 aliphatic rings. The first kappa shape index (κ1) is 25.0. The van der Waals surface area contributed by atoms with Crippen LogP contribution in [0.2, 0.25) is 0 Å². The van der Waals surface area contributed by atoms with Gasteiger partial charge in [-0.1, -0.05) is 45.9 Å². The number of carboxylic acid groups (broad SMARTS) is 1. The number of carbonyl (C=O) groups is 3. The van der Waals surface area contributed by atoms with Crippen LogP contribution in [-0.2, 0) is 14.4 Å². The van der Waals surface area contributed by atoms with Crippen molar-refractivity contribution < 1.29 is 19.5 Å². The summed E-state index contributed by atoms with van der Waals surface area (Å²) in [4.78, 5) is 35.6. The van der Waals surface area contributed by atoms with Gasteiger partial charge in [0.2, 0.25) is 11.8 Å². The summed E-state index contributed by atoms with van der Waals surface area (Å²) in [5.41, 5.74) is 11.6. The first-order valence-electron chi connectivity index (χ1n) is 13.1. The minimum atomic E-state index is -0.843. The second kappa shape index (κ2) is 8.53. The third-order valence-corrected chi connectivity index (χ3v) is 11.2. The highest BCUT2D eigenvalue weighted by molar-refractivity contribution is 5.90. The highest BCUT2D eigenvalue weighted by atomic mass is 16.4. The topological polar surface area (TPSA) is 123 Å². The molecule has 0 heterocycles. The molecule has 3 saturated carbocycles. The zero-order valence-electron chi connectivity index (χ0n) is 21.2. The van der Waals surface area contributed by atoms with Crippen LogP contribution in [0.1, 0.15) is 79.1 Å². The van der Waals surface area contributed by atoms with Crippen LogP contribution in [0.25, 0.3) is 0 Å². The Labute approximate surface area is 203 Å². The maximum absolute atomic E-state index is 12.0. The Morgan fingerprint density at radius 1 is 0.971 bits per heavy atom. The normalized spacial score (nSPS) is 42.5. The highest BCUT2D eigenvalue weighted by Gasteiger charge is 2.66. The van der Waals surface area contributed by atoms with E-state index < -0.39 is 5.97 Å². The largest absolute Gasteiger partial charge is 0.478 e. The molecule has 0 spiro atoms. The van der Waals surface area contributed by atoms with E-state index >= 15 is 0 Å². The predicted molar refractivity (Wildman–Crippen MR) is 131 cm³/mol. The van der Waals surface area contributed by atoms with Crippen molar-refractivity contribution in [3.05, 3.63) is 23.8 Å². The van der Waals surface area contributed by atoms with Crippen LogP contribution in [0, 0.1) is 51.8 Å². The van der Waals surface area contributed by atoms with Crippen LogP contribution in [0.15, 0.2) is 23.8 Å². The van der Waals surface area contributed by atoms with E-state index in [-0.39, 0.29) is 45.8 Å². The number of hydrogen-bond donors (Lipinski definition) is 3. The molecule has 5 N–H and O–H groups in total. The molecule has 34 heavy (non-hydrogen) atoms. The lowest BCUT2D eigenvalue weighted by Crippen LogP contribution is -2.56. The first-order chi connectivity index (χ1) is 15.9. The molecule has 4 rings (SSSR count). The average Bonchev–Trinajstić information content (AvgIpc) is 3.06. The monoisotopic (exact) mass is 470 g/mol. The number of aliphatic carboxylic acids is 1. The van der Waals surface area contributed by atoms with Crippen molar-refractivity contribution >= 4 is 17.8 Å². The maximum Gasteiger partial charge on any atom is 0.335 e. The van der Waals surface area contributed by atoms with Crippen molar-refractivity contribution in [3.8, 4) is 0 Å². The van der Waals surface area contributed by atoms with E-state index in [4.69, 9.17) is 11.5 Å². The van der Waals surface area contributed by atoms with Crippen molar-refractivity contribution in [2.24, 2.45) is 63.2 Å². The van der Waals surface area contributed by atoms with E-state index in [1.54, 1.807) is 0 Å². The van der Waals surface area contributed by atoms with Gasteiger partial charge in [0, 0.05) is 12.8 Å². The zero-order chi connectivity index (χ0) is 25.1. The Kier molecular flexibility index (Phi) is 6.27. The van der Waals surface area contributed by atoms with Gasteiger partial charge in [0.1, 0.15) is 0 Å². The van der Waals surface area contributed by atoms with Crippen molar-refractivity contribution in [2.75, 3.05) is 0 Å². The molecule has 0 aromatic heterocycles. The van der Waals surface area contributed by atoms with Crippen molar-refractivity contribution in [1.82, 2.24) is 0 Å². The first-order valence-corrected chi connectivity index (χ1v) is 13.1. The van der Waals surface area contributed by atoms with Gasteiger partial charge < -0.3 is 16.6 Å². The summed E-state index contributed by atoms with van der Waals surface area (Å²) in [6.45, 7) is 9.06. The van der Waals surface area contributed by atoms with Crippen LogP contribution in [0.5, 0.6) is 0 Å². The quantitative estimate of drug-likeness (QED) is 0.509. The van der Waals surface area contributed by atoms with E-state index in [9.17, 15) is 19.5 Å². The Balaban J connectivity index is 1.69. The van der Waals surface area contributed by atoms with Gasteiger partial charge in [-0.25, -0.2) is 4.79 Å². The lowest BCUT2D eigenvalue weighted by Gasteiger charge is -2.62. The number of primary amides is 2. The van der Waals surface area contributed by atoms with E-state index in [0.717, 1.165) is 38.5 Å². The highest BCUT2D eigenvalue weighted by Crippen LogP contribution is 2.73. The fourth-order valence-corrected chi connectivity index (χ4v) is 9.80. The number of carboxylic acids is 1. The minimum Gasteiger partial charge on any atom is -0.478 e. The molecular weight excluding hydrogens is 428 g/mol. The Hall–Kier alpha value is -2.11. The summed E-state index contributed by atoms with van der Waals surface area (Å²) in [6.07, 6.45) is 13.0. The third-order valence-electron chi connectivity index (χ3n) is 11.2. The number of rotatable bonds is 7.